The summed E-state index contributed by atoms with van der Waals surface area (Å²) >= 11 is 2.94. The van der Waals surface area contributed by atoms with Gasteiger partial charge in [-0.1, -0.05) is 38.2 Å². The number of carbonyl (C=O) groups excluding carboxylic acids is 1. The fourth-order valence-electron chi connectivity index (χ4n) is 1.86. The Morgan fingerprint density at radius 1 is 1.38 bits per heavy atom. The summed E-state index contributed by atoms with van der Waals surface area (Å²) in [5.74, 6) is 0.155. The van der Waals surface area contributed by atoms with Gasteiger partial charge in [0, 0.05) is 11.4 Å². The number of amides is 1. The predicted molar refractivity (Wildman–Crippen MR) is 88.1 cm³/mol. The molecule has 1 unspecified atom stereocenters. The Hall–Kier alpha value is -1.47. The topological polar surface area (TPSA) is 66.9 Å². The van der Waals surface area contributed by atoms with Gasteiger partial charge in [0.1, 0.15) is 0 Å². The van der Waals surface area contributed by atoms with Gasteiger partial charge in [0.25, 0.3) is 5.91 Å². The Balaban J connectivity index is 2.03. The van der Waals surface area contributed by atoms with E-state index in [-0.39, 0.29) is 11.9 Å². The molecule has 2 rings (SSSR count). The lowest BCUT2D eigenvalue weighted by Gasteiger charge is -2.20. The minimum absolute atomic E-state index is 0.00782. The molecule has 0 saturated heterocycles. The van der Waals surface area contributed by atoms with Crippen molar-refractivity contribution in [3.8, 4) is 0 Å². The quantitative estimate of drug-likeness (QED) is 0.817. The average Bonchev–Trinajstić information content (AvgIpc) is 3.13. The summed E-state index contributed by atoms with van der Waals surface area (Å²) in [6.45, 7) is 7.11. The Morgan fingerprint density at radius 3 is 2.81 bits per heavy atom. The highest BCUT2D eigenvalue weighted by Crippen LogP contribution is 2.26. The van der Waals surface area contributed by atoms with Gasteiger partial charge < -0.3 is 10.6 Å². The molecule has 0 aliphatic heterocycles. The number of aromatic nitrogens is 2. The first kappa shape index (κ1) is 15.9. The summed E-state index contributed by atoms with van der Waals surface area (Å²) in [6.07, 6.45) is 1.01. The molecule has 0 aliphatic carbocycles. The zero-order valence-electron chi connectivity index (χ0n) is 12.4. The number of carbonyl (C=O) groups is 1. The minimum Gasteiger partial charge on any atom is -0.360 e. The SMILES string of the molecule is CCCNc1nnc(C(=O)NC(c2cccs2)C(C)C)s1. The van der Waals surface area contributed by atoms with Crippen LogP contribution in [0.5, 0.6) is 0 Å². The van der Waals surface area contributed by atoms with E-state index in [1.54, 1.807) is 11.3 Å². The van der Waals surface area contributed by atoms with E-state index in [0.29, 0.717) is 16.1 Å². The third kappa shape index (κ3) is 4.25. The second kappa shape index (κ2) is 7.51. The first-order valence-electron chi connectivity index (χ1n) is 7.03. The lowest BCUT2D eigenvalue weighted by Crippen LogP contribution is -2.31. The van der Waals surface area contributed by atoms with Crippen LogP contribution >= 0.6 is 22.7 Å². The summed E-state index contributed by atoms with van der Waals surface area (Å²) < 4.78 is 0. The van der Waals surface area contributed by atoms with Crippen molar-refractivity contribution in [1.82, 2.24) is 15.5 Å². The number of nitrogens with one attached hydrogen (secondary N) is 2. The summed E-state index contributed by atoms with van der Waals surface area (Å²) in [5.41, 5.74) is 0. The van der Waals surface area contributed by atoms with E-state index < -0.39 is 0 Å². The van der Waals surface area contributed by atoms with Crippen molar-refractivity contribution in [1.29, 1.82) is 0 Å². The Labute approximate surface area is 132 Å². The number of thiophene rings is 1. The normalized spacial score (nSPS) is 12.4. The van der Waals surface area contributed by atoms with Crippen molar-refractivity contribution in [2.24, 2.45) is 5.92 Å². The van der Waals surface area contributed by atoms with Crippen molar-refractivity contribution in [3.05, 3.63) is 27.4 Å². The molecule has 0 spiro atoms. The minimum atomic E-state index is -0.163. The summed E-state index contributed by atoms with van der Waals surface area (Å²) in [5, 5.41) is 17.3. The number of rotatable bonds is 7. The molecule has 0 bridgehead atoms. The monoisotopic (exact) mass is 324 g/mol. The van der Waals surface area contributed by atoms with Crippen LogP contribution in [-0.4, -0.2) is 22.6 Å². The van der Waals surface area contributed by atoms with Gasteiger partial charge in [-0.3, -0.25) is 4.79 Å². The van der Waals surface area contributed by atoms with Crippen molar-refractivity contribution >= 4 is 33.7 Å². The fourth-order valence-corrected chi connectivity index (χ4v) is 3.48. The zero-order valence-corrected chi connectivity index (χ0v) is 14.1. The van der Waals surface area contributed by atoms with Gasteiger partial charge in [-0.15, -0.1) is 21.5 Å². The maximum atomic E-state index is 12.3. The second-order valence-corrected chi connectivity index (χ2v) is 7.01. The Kier molecular flexibility index (Phi) is 5.69. The molecule has 0 fully saturated rings. The van der Waals surface area contributed by atoms with Crippen LogP contribution in [0.1, 0.15) is 47.9 Å². The Bertz CT molecular complexity index is 565. The van der Waals surface area contributed by atoms with Crippen molar-refractivity contribution in [3.63, 3.8) is 0 Å². The Morgan fingerprint density at radius 2 is 2.19 bits per heavy atom. The van der Waals surface area contributed by atoms with E-state index in [1.807, 2.05) is 17.5 Å². The number of nitrogens with zero attached hydrogens (tertiary/aromatic N) is 2. The lowest BCUT2D eigenvalue weighted by atomic mass is 10.0. The molecule has 2 aromatic rings. The molecule has 0 radical (unpaired) electrons. The molecule has 0 saturated carbocycles. The lowest BCUT2D eigenvalue weighted by molar-refractivity contribution is 0.0925. The van der Waals surface area contributed by atoms with E-state index in [9.17, 15) is 4.79 Å². The van der Waals surface area contributed by atoms with E-state index >= 15 is 0 Å². The van der Waals surface area contributed by atoms with Gasteiger partial charge in [0.05, 0.1) is 6.04 Å². The molecule has 1 atom stereocenters. The van der Waals surface area contributed by atoms with Crippen LogP contribution in [0, 0.1) is 5.92 Å². The van der Waals surface area contributed by atoms with Crippen LogP contribution in [0.25, 0.3) is 0 Å². The number of hydrogen-bond donors (Lipinski definition) is 2. The van der Waals surface area contributed by atoms with Crippen LogP contribution in [-0.2, 0) is 0 Å². The van der Waals surface area contributed by atoms with Gasteiger partial charge in [-0.25, -0.2) is 0 Å². The van der Waals surface area contributed by atoms with Gasteiger partial charge in [-0.05, 0) is 23.8 Å². The maximum absolute atomic E-state index is 12.3. The third-order valence-corrected chi connectivity index (χ3v) is 4.78. The summed E-state index contributed by atoms with van der Waals surface area (Å²) in [4.78, 5) is 13.5. The first-order chi connectivity index (χ1) is 10.1. The first-order valence-corrected chi connectivity index (χ1v) is 8.73. The summed E-state index contributed by atoms with van der Waals surface area (Å²) in [6, 6.07) is 4.05. The van der Waals surface area contributed by atoms with Crippen molar-refractivity contribution in [2.75, 3.05) is 11.9 Å². The van der Waals surface area contributed by atoms with Crippen molar-refractivity contribution < 1.29 is 4.79 Å². The van der Waals surface area contributed by atoms with E-state index in [0.717, 1.165) is 17.8 Å². The molecule has 2 aromatic heterocycles. The molecule has 114 valence electrons. The third-order valence-electron chi connectivity index (χ3n) is 2.95. The number of hydrogen-bond acceptors (Lipinski definition) is 6. The largest absolute Gasteiger partial charge is 0.360 e. The molecule has 2 heterocycles. The molecule has 1 amide bonds. The fraction of sp³-hybridized carbons (Fsp3) is 0.500. The van der Waals surface area contributed by atoms with Gasteiger partial charge in [0.2, 0.25) is 10.1 Å². The molecule has 7 heteroatoms. The highest BCUT2D eigenvalue weighted by molar-refractivity contribution is 7.17. The average molecular weight is 324 g/mol. The van der Waals surface area contributed by atoms with E-state index in [4.69, 9.17) is 0 Å². The van der Waals surface area contributed by atoms with Crippen LogP contribution in [0.15, 0.2) is 17.5 Å². The molecular formula is C14H20N4OS2. The predicted octanol–water partition coefficient (Wildman–Crippen LogP) is 3.55. The molecular weight excluding hydrogens is 304 g/mol. The van der Waals surface area contributed by atoms with Gasteiger partial charge in [0.15, 0.2) is 0 Å². The standard InChI is InChI=1S/C14H20N4OS2/c1-4-7-15-14-18-17-13(21-14)12(19)16-11(9(2)3)10-6-5-8-20-10/h5-6,8-9,11H,4,7H2,1-3H3,(H,15,18)(H,16,19). The van der Waals surface area contributed by atoms with Gasteiger partial charge in [-0.2, -0.15) is 0 Å². The molecule has 0 aromatic carbocycles. The zero-order chi connectivity index (χ0) is 15.2. The van der Waals surface area contributed by atoms with Gasteiger partial charge >= 0.3 is 0 Å². The van der Waals surface area contributed by atoms with Crippen LogP contribution < -0.4 is 10.6 Å². The summed E-state index contributed by atoms with van der Waals surface area (Å²) in [7, 11) is 0. The van der Waals surface area contributed by atoms with E-state index in [2.05, 4.69) is 41.6 Å². The molecule has 21 heavy (non-hydrogen) atoms. The van der Waals surface area contributed by atoms with Crippen molar-refractivity contribution in [2.45, 2.75) is 33.2 Å². The van der Waals surface area contributed by atoms with Crippen LogP contribution in [0.4, 0.5) is 5.13 Å². The highest BCUT2D eigenvalue weighted by atomic mass is 32.1. The molecule has 2 N–H and O–H groups in total. The maximum Gasteiger partial charge on any atom is 0.282 e. The number of anilines is 1. The van der Waals surface area contributed by atoms with Crippen LogP contribution in [0.3, 0.4) is 0 Å². The smallest absolute Gasteiger partial charge is 0.282 e. The highest BCUT2D eigenvalue weighted by Gasteiger charge is 2.22. The van der Waals surface area contributed by atoms with Crippen LogP contribution in [0.2, 0.25) is 0 Å². The second-order valence-electron chi connectivity index (χ2n) is 5.05. The molecule has 5 nitrogen and oxygen atoms in total. The van der Waals surface area contributed by atoms with E-state index in [1.165, 1.54) is 11.3 Å². The molecule has 0 aliphatic rings.